The topological polar surface area (TPSA) is 60.7 Å². The summed E-state index contributed by atoms with van der Waals surface area (Å²) in [6, 6.07) is 9.05. The minimum atomic E-state index is -0.376. The van der Waals surface area contributed by atoms with E-state index < -0.39 is 0 Å². The Labute approximate surface area is 158 Å². The van der Waals surface area contributed by atoms with Crippen LogP contribution in [0.5, 0.6) is 0 Å². The minimum Gasteiger partial charge on any atom is -0.462 e. The lowest BCUT2D eigenvalue weighted by atomic mass is 10.2. The molecule has 0 radical (unpaired) electrons. The first-order valence-corrected chi connectivity index (χ1v) is 9.66. The van der Waals surface area contributed by atoms with Gasteiger partial charge in [0.1, 0.15) is 0 Å². The maximum Gasteiger partial charge on any atom is 0.338 e. The lowest BCUT2D eigenvalue weighted by Gasteiger charge is -2.03. The predicted molar refractivity (Wildman–Crippen MR) is 103 cm³/mol. The van der Waals surface area contributed by atoms with Crippen molar-refractivity contribution >= 4 is 44.8 Å². The highest BCUT2D eigenvalue weighted by Gasteiger charge is 2.12. The second kappa shape index (κ2) is 8.13. The third-order valence-electron chi connectivity index (χ3n) is 3.57. The predicted octanol–water partition coefficient (Wildman–Crippen LogP) is 3.24. The van der Waals surface area contributed by atoms with Crippen LogP contribution in [0.4, 0.5) is 0 Å². The molecule has 1 amide bonds. The van der Waals surface area contributed by atoms with Crippen LogP contribution in [0.2, 0.25) is 0 Å². The summed E-state index contributed by atoms with van der Waals surface area (Å²) in [6.45, 7) is 2.37. The van der Waals surface area contributed by atoms with Crippen LogP contribution in [0, 0.1) is 12.3 Å². The summed E-state index contributed by atoms with van der Waals surface area (Å²) in [5.74, 6) is 1.99. The van der Waals surface area contributed by atoms with Gasteiger partial charge in [0.05, 0.1) is 35.4 Å². The smallest absolute Gasteiger partial charge is 0.338 e. The van der Waals surface area contributed by atoms with E-state index in [1.165, 1.54) is 22.7 Å². The van der Waals surface area contributed by atoms with Crippen LogP contribution < -0.4 is 4.80 Å². The molecule has 1 aromatic carbocycles. The lowest BCUT2D eigenvalue weighted by molar-refractivity contribution is -0.117. The molecule has 2 heterocycles. The number of thiophene rings is 1. The molecular weight excluding hydrogens is 368 g/mol. The first-order valence-electron chi connectivity index (χ1n) is 7.96. The maximum atomic E-state index is 12.3. The number of terminal acetylenes is 1. The van der Waals surface area contributed by atoms with Crippen molar-refractivity contribution in [3.63, 3.8) is 0 Å². The molecule has 132 valence electrons. The van der Waals surface area contributed by atoms with Gasteiger partial charge in [-0.2, -0.15) is 4.99 Å². The fourth-order valence-corrected chi connectivity index (χ4v) is 4.23. The summed E-state index contributed by atoms with van der Waals surface area (Å²) < 4.78 is 7.67. The quantitative estimate of drug-likeness (QED) is 0.501. The number of amides is 1. The van der Waals surface area contributed by atoms with Gasteiger partial charge in [0, 0.05) is 4.88 Å². The monoisotopic (exact) mass is 384 g/mol. The zero-order chi connectivity index (χ0) is 18.5. The molecule has 0 aliphatic rings. The average Bonchev–Trinajstić information content (AvgIpc) is 3.23. The van der Waals surface area contributed by atoms with Crippen molar-refractivity contribution in [3.05, 3.63) is 51.0 Å². The highest BCUT2D eigenvalue weighted by atomic mass is 32.1. The zero-order valence-corrected chi connectivity index (χ0v) is 15.7. The molecule has 5 nitrogen and oxygen atoms in total. The number of carbonyl (C=O) groups is 2. The van der Waals surface area contributed by atoms with Crippen molar-refractivity contribution in [1.29, 1.82) is 0 Å². The molecule has 0 saturated carbocycles. The van der Waals surface area contributed by atoms with Gasteiger partial charge in [-0.25, -0.2) is 4.79 Å². The number of benzene rings is 1. The minimum absolute atomic E-state index is 0.226. The van der Waals surface area contributed by atoms with Crippen LogP contribution >= 0.6 is 22.7 Å². The number of aromatic nitrogens is 1. The molecule has 0 fully saturated rings. The van der Waals surface area contributed by atoms with E-state index in [0.717, 1.165) is 15.1 Å². The first-order chi connectivity index (χ1) is 12.6. The molecule has 3 aromatic rings. The summed E-state index contributed by atoms with van der Waals surface area (Å²) in [5, 5.41) is 1.93. The molecule has 0 unspecified atom stereocenters. The molecular formula is C19H16N2O3S2. The number of thiazole rings is 1. The molecule has 0 spiro atoms. The second-order valence-electron chi connectivity index (χ2n) is 5.34. The Balaban J connectivity index is 2.02. The van der Waals surface area contributed by atoms with E-state index in [9.17, 15) is 9.59 Å². The van der Waals surface area contributed by atoms with Gasteiger partial charge in [0.2, 0.25) is 0 Å². The van der Waals surface area contributed by atoms with E-state index >= 15 is 0 Å². The Morgan fingerprint density at radius 2 is 2.19 bits per heavy atom. The normalized spacial score (nSPS) is 11.5. The average molecular weight is 384 g/mol. The fourth-order valence-electron chi connectivity index (χ4n) is 2.45. The number of carbonyl (C=O) groups excluding carboxylic acids is 2. The summed E-state index contributed by atoms with van der Waals surface area (Å²) in [5.41, 5.74) is 1.30. The number of fused-ring (bicyclic) bond motifs is 1. The van der Waals surface area contributed by atoms with E-state index in [0.29, 0.717) is 23.5 Å². The molecule has 0 atom stereocenters. The number of hydrogen-bond donors (Lipinski definition) is 0. The van der Waals surface area contributed by atoms with Gasteiger partial charge in [-0.05, 0) is 36.6 Å². The second-order valence-corrected chi connectivity index (χ2v) is 7.38. The van der Waals surface area contributed by atoms with Crippen molar-refractivity contribution in [1.82, 2.24) is 4.57 Å². The number of ether oxygens (including phenoxy) is 1. The van der Waals surface area contributed by atoms with E-state index in [2.05, 4.69) is 10.9 Å². The van der Waals surface area contributed by atoms with Crippen LogP contribution in [0.1, 0.15) is 22.2 Å². The fraction of sp³-hybridized carbons (Fsp3) is 0.211. The van der Waals surface area contributed by atoms with Gasteiger partial charge >= 0.3 is 5.97 Å². The summed E-state index contributed by atoms with van der Waals surface area (Å²) in [6.07, 6.45) is 5.73. The van der Waals surface area contributed by atoms with Gasteiger partial charge in [-0.1, -0.05) is 23.3 Å². The van der Waals surface area contributed by atoms with Crippen LogP contribution in [-0.2, 0) is 22.5 Å². The molecule has 7 heteroatoms. The standard InChI is InChI=1S/C19H16N2O3S2/c1-3-9-21-15-8-7-13(18(23)24-4-2)11-16(15)26-19(21)20-17(22)12-14-6-5-10-25-14/h1,5-8,10-11H,4,9,12H2,2H3. The van der Waals surface area contributed by atoms with E-state index in [1.54, 1.807) is 29.7 Å². The molecule has 0 bridgehead atoms. The summed E-state index contributed by atoms with van der Waals surface area (Å²) >= 11 is 2.85. The maximum absolute atomic E-state index is 12.3. The van der Waals surface area contributed by atoms with Crippen molar-refractivity contribution in [3.8, 4) is 12.3 Å². The van der Waals surface area contributed by atoms with E-state index in [-0.39, 0.29) is 18.3 Å². The first kappa shape index (κ1) is 18.1. The van der Waals surface area contributed by atoms with E-state index in [1.807, 2.05) is 17.5 Å². The molecule has 2 aromatic heterocycles. The van der Waals surface area contributed by atoms with Crippen LogP contribution in [0.3, 0.4) is 0 Å². The van der Waals surface area contributed by atoms with Gasteiger partial charge in [-0.3, -0.25) is 4.79 Å². The van der Waals surface area contributed by atoms with Gasteiger partial charge < -0.3 is 9.30 Å². The van der Waals surface area contributed by atoms with Crippen LogP contribution in [-0.4, -0.2) is 23.1 Å². The highest BCUT2D eigenvalue weighted by molar-refractivity contribution is 7.16. The highest BCUT2D eigenvalue weighted by Crippen LogP contribution is 2.20. The molecule has 0 saturated heterocycles. The Kier molecular flexibility index (Phi) is 5.66. The molecule has 0 aliphatic carbocycles. The number of esters is 1. The molecule has 26 heavy (non-hydrogen) atoms. The summed E-state index contributed by atoms with van der Waals surface area (Å²) in [4.78, 5) is 29.9. The molecule has 3 rings (SSSR count). The van der Waals surface area contributed by atoms with Gasteiger partial charge in [0.25, 0.3) is 5.91 Å². The Hall–Kier alpha value is -2.69. The Morgan fingerprint density at radius 3 is 2.88 bits per heavy atom. The molecule has 0 N–H and O–H groups in total. The Bertz CT molecular complexity index is 1050. The van der Waals surface area contributed by atoms with Crippen LogP contribution in [0.25, 0.3) is 10.2 Å². The Morgan fingerprint density at radius 1 is 1.35 bits per heavy atom. The largest absolute Gasteiger partial charge is 0.462 e. The third-order valence-corrected chi connectivity index (χ3v) is 5.49. The van der Waals surface area contributed by atoms with E-state index in [4.69, 9.17) is 11.2 Å². The van der Waals surface area contributed by atoms with Crippen molar-refractivity contribution < 1.29 is 14.3 Å². The van der Waals surface area contributed by atoms with Crippen molar-refractivity contribution in [2.45, 2.75) is 19.9 Å². The number of nitrogens with zero attached hydrogens (tertiary/aromatic N) is 2. The number of hydrogen-bond acceptors (Lipinski definition) is 5. The SMILES string of the molecule is C#CCn1c(=NC(=O)Cc2cccs2)sc2cc(C(=O)OCC)ccc21. The molecule has 0 aliphatic heterocycles. The zero-order valence-electron chi connectivity index (χ0n) is 14.1. The van der Waals surface area contributed by atoms with Crippen molar-refractivity contribution in [2.75, 3.05) is 6.61 Å². The number of rotatable bonds is 5. The lowest BCUT2D eigenvalue weighted by Crippen LogP contribution is -2.17. The van der Waals surface area contributed by atoms with Crippen LogP contribution in [0.15, 0.2) is 40.7 Å². The van der Waals surface area contributed by atoms with Gasteiger partial charge in [-0.15, -0.1) is 17.8 Å². The summed E-state index contributed by atoms with van der Waals surface area (Å²) in [7, 11) is 0. The van der Waals surface area contributed by atoms with Crippen molar-refractivity contribution in [2.24, 2.45) is 4.99 Å². The van der Waals surface area contributed by atoms with Gasteiger partial charge in [0.15, 0.2) is 4.80 Å². The third kappa shape index (κ3) is 3.93.